The monoisotopic (exact) mass is 491 g/mol. The maximum Gasteiger partial charge on any atom is 0.253 e. The van der Waals surface area contributed by atoms with Crippen LogP contribution in [-0.2, 0) is 0 Å². The second-order valence-corrected chi connectivity index (χ2v) is 9.50. The van der Waals surface area contributed by atoms with Gasteiger partial charge in [-0.1, -0.05) is 23.2 Å². The first-order chi connectivity index (χ1) is 16.9. The second kappa shape index (κ2) is 10.9. The molecule has 1 amide bonds. The molecule has 7 nitrogen and oxygen atoms in total. The van der Waals surface area contributed by atoms with Crippen LogP contribution in [0, 0.1) is 18.3 Å². The third-order valence-electron chi connectivity index (χ3n) is 6.15. The average molecular weight is 492 g/mol. The normalized spacial score (nSPS) is 13.8. The Balaban J connectivity index is 1.60. The predicted molar refractivity (Wildman–Crippen MR) is 139 cm³/mol. The minimum absolute atomic E-state index is 0.0119. The Labute approximate surface area is 211 Å². The maximum absolute atomic E-state index is 13.0. The summed E-state index contributed by atoms with van der Waals surface area (Å²) >= 11 is 5.97. The number of rotatable bonds is 7. The number of nitriles is 1. The van der Waals surface area contributed by atoms with Crippen molar-refractivity contribution in [2.75, 3.05) is 58.3 Å². The lowest BCUT2D eigenvalue weighted by atomic mass is 10.0. The number of benzene rings is 2. The summed E-state index contributed by atoms with van der Waals surface area (Å²) in [5, 5.41) is 11.7. The molecule has 1 aromatic heterocycles. The van der Waals surface area contributed by atoms with Gasteiger partial charge in [0, 0.05) is 48.7 Å². The quantitative estimate of drug-likeness (QED) is 0.457. The van der Waals surface area contributed by atoms with Crippen LogP contribution in [0.1, 0.15) is 27.9 Å². The minimum atomic E-state index is -0.0119. The van der Waals surface area contributed by atoms with E-state index in [0.717, 1.165) is 35.1 Å². The van der Waals surface area contributed by atoms with Crippen LogP contribution in [0.4, 0.5) is 5.69 Å². The van der Waals surface area contributed by atoms with Gasteiger partial charge in [0.15, 0.2) is 0 Å². The van der Waals surface area contributed by atoms with E-state index in [0.29, 0.717) is 54.8 Å². The molecule has 182 valence electrons. The van der Waals surface area contributed by atoms with Gasteiger partial charge in [-0.3, -0.25) is 4.79 Å². The molecule has 0 aliphatic carbocycles. The van der Waals surface area contributed by atoms with Crippen LogP contribution < -0.4 is 9.64 Å². The molecule has 1 aliphatic rings. The molecular formula is C27H30ClN5O2. The van der Waals surface area contributed by atoms with Crippen molar-refractivity contribution in [2.45, 2.75) is 13.3 Å². The summed E-state index contributed by atoms with van der Waals surface area (Å²) < 4.78 is 6.01. The molecule has 0 spiro atoms. The molecule has 1 saturated heterocycles. The van der Waals surface area contributed by atoms with Crippen molar-refractivity contribution in [1.29, 1.82) is 5.26 Å². The highest BCUT2D eigenvalue weighted by molar-refractivity contribution is 6.30. The number of nitrogens with zero attached hydrogens (tertiary/aromatic N) is 5. The van der Waals surface area contributed by atoms with Crippen LogP contribution >= 0.6 is 11.6 Å². The number of carbonyl (C=O) groups is 1. The van der Waals surface area contributed by atoms with E-state index >= 15 is 0 Å². The third-order valence-corrected chi connectivity index (χ3v) is 6.41. The maximum atomic E-state index is 13.0. The summed E-state index contributed by atoms with van der Waals surface area (Å²) in [6, 6.07) is 15.4. The Kier molecular flexibility index (Phi) is 7.74. The summed E-state index contributed by atoms with van der Waals surface area (Å²) in [4.78, 5) is 23.8. The zero-order valence-corrected chi connectivity index (χ0v) is 21.2. The van der Waals surface area contributed by atoms with Crippen LogP contribution in [0.5, 0.6) is 5.88 Å². The summed E-state index contributed by atoms with van der Waals surface area (Å²) in [7, 11) is 4.04. The molecule has 8 heteroatoms. The van der Waals surface area contributed by atoms with Crippen molar-refractivity contribution >= 4 is 34.1 Å². The van der Waals surface area contributed by atoms with Gasteiger partial charge < -0.3 is 19.4 Å². The first kappa shape index (κ1) is 24.8. The van der Waals surface area contributed by atoms with Gasteiger partial charge in [-0.25, -0.2) is 4.98 Å². The fraction of sp³-hybridized carbons (Fsp3) is 0.370. The molecule has 3 aromatic rings. The Morgan fingerprint density at radius 3 is 2.51 bits per heavy atom. The first-order valence-electron chi connectivity index (χ1n) is 11.8. The predicted octanol–water partition coefficient (Wildman–Crippen LogP) is 4.36. The van der Waals surface area contributed by atoms with Gasteiger partial charge in [0.2, 0.25) is 5.88 Å². The zero-order chi connectivity index (χ0) is 24.9. The van der Waals surface area contributed by atoms with E-state index in [-0.39, 0.29) is 5.91 Å². The standard InChI is InChI=1S/C27H30ClN5O2/c1-19-5-10-24-22(17-19)25(23(18-29)26(30-24)35-16-4-11-31(2)3)32-12-14-33(15-13-32)27(34)20-6-8-21(28)9-7-20/h5-10,17H,4,11-16H2,1-3H3. The molecule has 2 heterocycles. The number of fused-ring (bicyclic) bond motifs is 1. The lowest BCUT2D eigenvalue weighted by molar-refractivity contribution is 0.0747. The number of pyridine rings is 1. The number of aromatic nitrogens is 1. The molecule has 1 fully saturated rings. The Morgan fingerprint density at radius 2 is 1.86 bits per heavy atom. The fourth-order valence-corrected chi connectivity index (χ4v) is 4.46. The van der Waals surface area contributed by atoms with Crippen molar-refractivity contribution in [3.05, 3.63) is 64.2 Å². The minimum Gasteiger partial charge on any atom is -0.477 e. The number of hydrogen-bond acceptors (Lipinski definition) is 6. The molecule has 0 atom stereocenters. The zero-order valence-electron chi connectivity index (χ0n) is 20.4. The Morgan fingerprint density at radius 1 is 1.14 bits per heavy atom. The summed E-state index contributed by atoms with van der Waals surface area (Å²) in [5.74, 6) is 0.361. The third kappa shape index (κ3) is 5.67. The van der Waals surface area contributed by atoms with E-state index in [9.17, 15) is 10.1 Å². The lowest BCUT2D eigenvalue weighted by Crippen LogP contribution is -2.49. The molecular weight excluding hydrogens is 462 g/mol. The van der Waals surface area contributed by atoms with E-state index in [1.54, 1.807) is 24.3 Å². The van der Waals surface area contributed by atoms with Gasteiger partial charge in [0.25, 0.3) is 5.91 Å². The van der Waals surface area contributed by atoms with Crippen LogP contribution in [0.2, 0.25) is 5.02 Å². The molecule has 0 bridgehead atoms. The molecule has 0 radical (unpaired) electrons. The summed E-state index contributed by atoms with van der Waals surface area (Å²) in [5.41, 5.74) is 3.80. The van der Waals surface area contributed by atoms with Gasteiger partial charge >= 0.3 is 0 Å². The van der Waals surface area contributed by atoms with Crippen molar-refractivity contribution in [1.82, 2.24) is 14.8 Å². The number of hydrogen-bond donors (Lipinski definition) is 0. The Bertz CT molecular complexity index is 1250. The highest BCUT2D eigenvalue weighted by Crippen LogP contribution is 2.36. The van der Waals surface area contributed by atoms with Crippen molar-refractivity contribution in [2.24, 2.45) is 0 Å². The van der Waals surface area contributed by atoms with Crippen molar-refractivity contribution < 1.29 is 9.53 Å². The molecule has 35 heavy (non-hydrogen) atoms. The topological polar surface area (TPSA) is 72.7 Å². The van der Waals surface area contributed by atoms with Gasteiger partial charge in [-0.15, -0.1) is 0 Å². The van der Waals surface area contributed by atoms with Gasteiger partial charge in [0.1, 0.15) is 11.6 Å². The van der Waals surface area contributed by atoms with Crippen LogP contribution in [0.25, 0.3) is 10.9 Å². The molecule has 2 aromatic carbocycles. The summed E-state index contributed by atoms with van der Waals surface area (Å²) in [6.07, 6.45) is 0.840. The van der Waals surface area contributed by atoms with Crippen LogP contribution in [0.3, 0.4) is 0 Å². The smallest absolute Gasteiger partial charge is 0.253 e. The number of piperazine rings is 1. The Hall–Kier alpha value is -3.34. The number of amides is 1. The van der Waals surface area contributed by atoms with Crippen molar-refractivity contribution in [3.8, 4) is 11.9 Å². The molecule has 4 rings (SSSR count). The van der Waals surface area contributed by atoms with E-state index in [1.807, 2.05) is 38.1 Å². The number of carbonyl (C=O) groups excluding carboxylic acids is 1. The highest BCUT2D eigenvalue weighted by atomic mass is 35.5. The highest BCUT2D eigenvalue weighted by Gasteiger charge is 2.27. The van der Waals surface area contributed by atoms with Crippen molar-refractivity contribution in [3.63, 3.8) is 0 Å². The van der Waals surface area contributed by atoms with E-state index < -0.39 is 0 Å². The van der Waals surface area contributed by atoms with Crippen LogP contribution in [-0.4, -0.2) is 74.1 Å². The molecule has 1 aliphatic heterocycles. The number of halogens is 1. The largest absolute Gasteiger partial charge is 0.477 e. The van der Waals surface area contributed by atoms with E-state index in [2.05, 4.69) is 26.9 Å². The SMILES string of the molecule is Cc1ccc2nc(OCCCN(C)C)c(C#N)c(N3CCN(C(=O)c4ccc(Cl)cc4)CC3)c2c1. The fourth-order valence-electron chi connectivity index (χ4n) is 4.33. The number of aryl methyl sites for hydroxylation is 1. The molecule has 0 unspecified atom stereocenters. The molecule has 0 saturated carbocycles. The van der Waals surface area contributed by atoms with Crippen LogP contribution in [0.15, 0.2) is 42.5 Å². The van der Waals surface area contributed by atoms with E-state index in [4.69, 9.17) is 16.3 Å². The van der Waals surface area contributed by atoms with Gasteiger partial charge in [0.05, 0.1) is 17.8 Å². The summed E-state index contributed by atoms with van der Waals surface area (Å²) in [6.45, 7) is 5.75. The number of anilines is 1. The van der Waals surface area contributed by atoms with Gasteiger partial charge in [-0.2, -0.15) is 5.26 Å². The van der Waals surface area contributed by atoms with E-state index in [1.165, 1.54) is 0 Å². The molecule has 0 N–H and O–H groups in total. The van der Waals surface area contributed by atoms with Gasteiger partial charge in [-0.05, 0) is 63.8 Å². The first-order valence-corrected chi connectivity index (χ1v) is 12.2. The second-order valence-electron chi connectivity index (χ2n) is 9.06. The lowest BCUT2D eigenvalue weighted by Gasteiger charge is -2.37. The number of ether oxygens (including phenoxy) is 1. The average Bonchev–Trinajstić information content (AvgIpc) is 2.86.